The second-order valence-corrected chi connectivity index (χ2v) is 7.68. The van der Waals surface area contributed by atoms with Gasteiger partial charge in [-0.25, -0.2) is 4.98 Å². The van der Waals surface area contributed by atoms with Crippen LogP contribution in [-0.2, 0) is 0 Å². The van der Waals surface area contributed by atoms with Gasteiger partial charge in [-0.15, -0.1) is 0 Å². The van der Waals surface area contributed by atoms with Crippen molar-refractivity contribution in [2.75, 3.05) is 10.6 Å². The van der Waals surface area contributed by atoms with Crippen LogP contribution in [0.25, 0.3) is 0 Å². The number of benzene rings is 1. The zero-order valence-corrected chi connectivity index (χ0v) is 16.4. The van der Waals surface area contributed by atoms with Gasteiger partial charge in [0.25, 0.3) is 0 Å². The van der Waals surface area contributed by atoms with Gasteiger partial charge in [-0.05, 0) is 63.3 Å². The molecule has 1 heterocycles. The number of rotatable bonds is 6. The molecule has 1 aliphatic rings. The lowest BCUT2D eigenvalue weighted by Gasteiger charge is -2.16. The number of nitrogens with one attached hydrogen (secondary N) is 2. The Bertz CT molecular complexity index is 717. The first-order valence-corrected chi connectivity index (χ1v) is 9.45. The first-order valence-electron chi connectivity index (χ1n) is 8.65. The maximum absolute atomic E-state index is 4.71. The van der Waals surface area contributed by atoms with Gasteiger partial charge in [-0.3, -0.25) is 0 Å². The van der Waals surface area contributed by atoms with Crippen molar-refractivity contribution in [1.29, 1.82) is 0 Å². The summed E-state index contributed by atoms with van der Waals surface area (Å²) >= 11 is 3.55. The molecule has 3 rings (SSSR count). The Morgan fingerprint density at radius 1 is 1.17 bits per heavy atom. The van der Waals surface area contributed by atoms with E-state index in [1.54, 1.807) is 0 Å². The number of hydrogen-bond acceptors (Lipinski definition) is 4. The fourth-order valence-corrected chi connectivity index (χ4v) is 3.43. The van der Waals surface area contributed by atoms with Crippen molar-refractivity contribution in [2.45, 2.75) is 58.9 Å². The molecule has 2 aromatic rings. The summed E-state index contributed by atoms with van der Waals surface area (Å²) in [7, 11) is 0. The Labute approximate surface area is 152 Å². The van der Waals surface area contributed by atoms with E-state index in [-0.39, 0.29) is 0 Å². The van der Waals surface area contributed by atoms with Gasteiger partial charge >= 0.3 is 0 Å². The quantitative estimate of drug-likeness (QED) is 0.667. The summed E-state index contributed by atoms with van der Waals surface area (Å²) in [6.45, 7) is 8.54. The van der Waals surface area contributed by atoms with E-state index in [2.05, 4.69) is 77.4 Å². The van der Waals surface area contributed by atoms with Crippen LogP contribution in [0, 0.1) is 13.8 Å². The molecule has 1 atom stereocenters. The lowest BCUT2D eigenvalue weighted by Crippen LogP contribution is -2.16. The van der Waals surface area contributed by atoms with Gasteiger partial charge in [0.1, 0.15) is 5.82 Å². The lowest BCUT2D eigenvalue weighted by atomic mass is 10.1. The van der Waals surface area contributed by atoms with E-state index in [1.807, 2.05) is 0 Å². The number of hydrogen-bond donors (Lipinski definition) is 2. The van der Waals surface area contributed by atoms with Crippen molar-refractivity contribution in [1.82, 2.24) is 9.97 Å². The van der Waals surface area contributed by atoms with Gasteiger partial charge in [0.15, 0.2) is 0 Å². The van der Waals surface area contributed by atoms with Crippen LogP contribution in [0.5, 0.6) is 0 Å². The van der Waals surface area contributed by atoms with Gasteiger partial charge in [0, 0.05) is 28.2 Å². The third kappa shape index (κ3) is 4.07. The van der Waals surface area contributed by atoms with E-state index in [4.69, 9.17) is 4.98 Å². The zero-order valence-electron chi connectivity index (χ0n) is 14.8. The van der Waals surface area contributed by atoms with E-state index in [1.165, 1.54) is 24.0 Å². The number of aromatic nitrogens is 2. The highest BCUT2D eigenvalue weighted by atomic mass is 79.9. The number of halogens is 1. The fraction of sp³-hybridized carbons (Fsp3) is 0.474. The monoisotopic (exact) mass is 388 g/mol. The SMILES string of the molecule is CC[C@H](C)Nc1nc(Nc2c(C)cc(Br)cc2C)cc(C2CC2)n1. The summed E-state index contributed by atoms with van der Waals surface area (Å²) in [5.74, 6) is 2.19. The van der Waals surface area contributed by atoms with Crippen LogP contribution < -0.4 is 10.6 Å². The first kappa shape index (κ1) is 17.2. The van der Waals surface area contributed by atoms with E-state index >= 15 is 0 Å². The highest BCUT2D eigenvalue weighted by molar-refractivity contribution is 9.10. The molecule has 2 N–H and O–H groups in total. The average Bonchev–Trinajstić information content (AvgIpc) is 3.35. The largest absolute Gasteiger partial charge is 0.352 e. The van der Waals surface area contributed by atoms with Crippen molar-refractivity contribution in [3.05, 3.63) is 39.5 Å². The Kier molecular flexibility index (Phi) is 5.09. The van der Waals surface area contributed by atoms with E-state index in [0.717, 1.165) is 34.0 Å². The number of aryl methyl sites for hydroxylation is 2. The van der Waals surface area contributed by atoms with Crippen molar-refractivity contribution < 1.29 is 0 Å². The van der Waals surface area contributed by atoms with Crippen LogP contribution in [0.1, 0.15) is 55.8 Å². The van der Waals surface area contributed by atoms with E-state index in [0.29, 0.717) is 12.0 Å². The minimum absolute atomic E-state index is 0.364. The van der Waals surface area contributed by atoms with Crippen LogP contribution >= 0.6 is 15.9 Å². The zero-order chi connectivity index (χ0) is 17.3. The predicted molar refractivity (Wildman–Crippen MR) is 104 cm³/mol. The highest BCUT2D eigenvalue weighted by Gasteiger charge is 2.26. The van der Waals surface area contributed by atoms with Gasteiger partial charge < -0.3 is 10.6 Å². The van der Waals surface area contributed by atoms with Crippen LogP contribution in [0.2, 0.25) is 0 Å². The molecule has 1 aliphatic carbocycles. The summed E-state index contributed by atoms with van der Waals surface area (Å²) in [6, 6.07) is 6.71. The van der Waals surface area contributed by atoms with Gasteiger partial charge in [-0.1, -0.05) is 22.9 Å². The summed E-state index contributed by atoms with van der Waals surface area (Å²) in [5, 5.41) is 6.92. The summed E-state index contributed by atoms with van der Waals surface area (Å²) < 4.78 is 1.10. The minimum Gasteiger partial charge on any atom is -0.352 e. The molecule has 0 amide bonds. The highest BCUT2D eigenvalue weighted by Crippen LogP contribution is 2.40. The van der Waals surface area contributed by atoms with Gasteiger partial charge in [0.2, 0.25) is 5.95 Å². The Balaban J connectivity index is 1.92. The van der Waals surface area contributed by atoms with Gasteiger partial charge in [-0.2, -0.15) is 4.98 Å². The molecule has 128 valence electrons. The molecule has 1 saturated carbocycles. The molecule has 1 aromatic heterocycles. The first-order chi connectivity index (χ1) is 11.5. The minimum atomic E-state index is 0.364. The van der Waals surface area contributed by atoms with Crippen molar-refractivity contribution in [3.63, 3.8) is 0 Å². The second kappa shape index (κ2) is 7.09. The fourth-order valence-electron chi connectivity index (χ4n) is 2.74. The number of anilines is 3. The molecular formula is C19H25BrN4. The average molecular weight is 389 g/mol. The third-order valence-corrected chi connectivity index (χ3v) is 4.94. The molecule has 4 nitrogen and oxygen atoms in total. The standard InChI is InChI=1S/C19H25BrN4/c1-5-13(4)21-19-22-16(14-6-7-14)10-17(24-19)23-18-11(2)8-15(20)9-12(18)3/h8-10,13-14H,5-7H2,1-4H3,(H2,21,22,23,24)/t13-/m0/s1. The molecular weight excluding hydrogens is 364 g/mol. The van der Waals surface area contributed by atoms with Crippen LogP contribution in [-0.4, -0.2) is 16.0 Å². The van der Waals surface area contributed by atoms with E-state index < -0.39 is 0 Å². The van der Waals surface area contributed by atoms with Crippen molar-refractivity contribution >= 4 is 33.4 Å². The lowest BCUT2D eigenvalue weighted by molar-refractivity contribution is 0.750. The molecule has 0 radical (unpaired) electrons. The van der Waals surface area contributed by atoms with Crippen LogP contribution in [0.3, 0.4) is 0 Å². The molecule has 0 saturated heterocycles. The molecule has 0 spiro atoms. The third-order valence-electron chi connectivity index (χ3n) is 4.48. The van der Waals surface area contributed by atoms with Crippen molar-refractivity contribution in [3.8, 4) is 0 Å². The molecule has 0 bridgehead atoms. The molecule has 5 heteroatoms. The molecule has 24 heavy (non-hydrogen) atoms. The Morgan fingerprint density at radius 3 is 2.42 bits per heavy atom. The van der Waals surface area contributed by atoms with Crippen LogP contribution in [0.15, 0.2) is 22.7 Å². The topological polar surface area (TPSA) is 49.8 Å². The van der Waals surface area contributed by atoms with Gasteiger partial charge in [0.05, 0.1) is 5.69 Å². The number of nitrogens with zero attached hydrogens (tertiary/aromatic N) is 2. The van der Waals surface area contributed by atoms with Crippen molar-refractivity contribution in [2.24, 2.45) is 0 Å². The molecule has 0 unspecified atom stereocenters. The normalized spacial score (nSPS) is 15.2. The van der Waals surface area contributed by atoms with Crippen LogP contribution in [0.4, 0.5) is 17.5 Å². The summed E-state index contributed by atoms with van der Waals surface area (Å²) in [4.78, 5) is 9.40. The molecule has 0 aliphatic heterocycles. The smallest absolute Gasteiger partial charge is 0.225 e. The molecule has 1 aromatic carbocycles. The Hall–Kier alpha value is -1.62. The predicted octanol–water partition coefficient (Wildman–Crippen LogP) is 5.69. The second-order valence-electron chi connectivity index (χ2n) is 6.77. The maximum atomic E-state index is 4.71. The Morgan fingerprint density at radius 2 is 1.83 bits per heavy atom. The molecule has 1 fully saturated rings. The maximum Gasteiger partial charge on any atom is 0.225 e. The summed E-state index contributed by atoms with van der Waals surface area (Å²) in [6.07, 6.45) is 3.51. The summed E-state index contributed by atoms with van der Waals surface area (Å²) in [5.41, 5.74) is 4.66. The van der Waals surface area contributed by atoms with E-state index in [9.17, 15) is 0 Å².